The maximum atomic E-state index is 13.7. The van der Waals surface area contributed by atoms with E-state index in [0.29, 0.717) is 34.4 Å². The van der Waals surface area contributed by atoms with Gasteiger partial charge in [0.15, 0.2) is 11.0 Å². The van der Waals surface area contributed by atoms with Gasteiger partial charge in [-0.05, 0) is 43.4 Å². The smallest absolute Gasteiger partial charge is 0.262 e. The van der Waals surface area contributed by atoms with Crippen LogP contribution in [0.15, 0.2) is 86.9 Å². The minimum Gasteiger partial charge on any atom is -0.455 e. The van der Waals surface area contributed by atoms with Crippen molar-refractivity contribution in [1.29, 1.82) is 0 Å². The Kier molecular flexibility index (Phi) is 5.12. The molecule has 0 saturated carbocycles. The van der Waals surface area contributed by atoms with Crippen LogP contribution in [0.5, 0.6) is 0 Å². The van der Waals surface area contributed by atoms with E-state index in [-0.39, 0.29) is 11.3 Å². The van der Waals surface area contributed by atoms with Crippen LogP contribution in [0.1, 0.15) is 22.3 Å². The molecule has 0 atom stereocenters. The van der Waals surface area contributed by atoms with Gasteiger partial charge >= 0.3 is 0 Å². The molecule has 0 bridgehead atoms. The second-order valence-electron chi connectivity index (χ2n) is 7.56. The lowest BCUT2D eigenvalue weighted by molar-refractivity contribution is 0.0987. The molecule has 1 aliphatic heterocycles. The van der Waals surface area contributed by atoms with Crippen molar-refractivity contribution in [1.82, 2.24) is 0 Å². The van der Waals surface area contributed by atoms with Crippen LogP contribution in [0.3, 0.4) is 0 Å². The average Bonchev–Trinajstić information content (AvgIpc) is 3.04. The van der Waals surface area contributed by atoms with Crippen molar-refractivity contribution in [2.24, 2.45) is 0 Å². The Hall–Kier alpha value is -3.31. The Bertz CT molecular complexity index is 1340. The number of para-hydroxylation sites is 2. The molecule has 1 amide bonds. The van der Waals surface area contributed by atoms with Crippen LogP contribution in [0.2, 0.25) is 0 Å². The summed E-state index contributed by atoms with van der Waals surface area (Å²) >= 11 is 1.77. The Morgan fingerprint density at radius 3 is 2.58 bits per heavy atom. The van der Waals surface area contributed by atoms with Gasteiger partial charge in [0.2, 0.25) is 0 Å². The molecule has 31 heavy (non-hydrogen) atoms. The monoisotopic (exact) mass is 427 g/mol. The first kappa shape index (κ1) is 19.6. The van der Waals surface area contributed by atoms with Gasteiger partial charge in [-0.1, -0.05) is 48.5 Å². The molecule has 0 radical (unpaired) electrons. The molecule has 4 nitrogen and oxygen atoms in total. The van der Waals surface area contributed by atoms with Crippen LogP contribution in [0.4, 0.5) is 5.69 Å². The fraction of sp³-hybridized carbons (Fsp3) is 0.154. The van der Waals surface area contributed by atoms with Crippen molar-refractivity contribution in [2.45, 2.75) is 18.2 Å². The van der Waals surface area contributed by atoms with E-state index in [1.807, 2.05) is 59.5 Å². The first-order chi connectivity index (χ1) is 15.1. The van der Waals surface area contributed by atoms with Gasteiger partial charge in [0.05, 0.1) is 16.6 Å². The summed E-state index contributed by atoms with van der Waals surface area (Å²) in [6, 6.07) is 22.7. The Morgan fingerprint density at radius 1 is 0.968 bits per heavy atom. The molecule has 0 saturated heterocycles. The van der Waals surface area contributed by atoms with E-state index < -0.39 is 0 Å². The third kappa shape index (κ3) is 3.45. The zero-order valence-electron chi connectivity index (χ0n) is 17.1. The highest BCUT2D eigenvalue weighted by atomic mass is 32.2. The number of rotatable bonds is 2. The van der Waals surface area contributed by atoms with Crippen LogP contribution in [-0.4, -0.2) is 18.2 Å². The van der Waals surface area contributed by atoms with Crippen LogP contribution in [0, 0.1) is 6.92 Å². The highest BCUT2D eigenvalue weighted by molar-refractivity contribution is 7.99. The van der Waals surface area contributed by atoms with E-state index >= 15 is 0 Å². The average molecular weight is 428 g/mol. The van der Waals surface area contributed by atoms with Crippen LogP contribution in [0.25, 0.3) is 22.3 Å². The minimum absolute atomic E-state index is 0.110. The zero-order chi connectivity index (χ0) is 21.4. The molecule has 1 aliphatic rings. The standard InChI is InChI=1S/C26H21NO3S/c1-17-23(28)19-11-7-12-20(25(19)30-24(17)18-9-3-2-4-10-18)26(29)27-15-8-16-31-22-14-6-5-13-21(22)27/h2-7,9-14H,8,15-16H2,1H3. The van der Waals surface area contributed by atoms with Gasteiger partial charge in [0.1, 0.15) is 5.76 Å². The Morgan fingerprint density at radius 2 is 1.74 bits per heavy atom. The number of hydrogen-bond donors (Lipinski definition) is 0. The van der Waals surface area contributed by atoms with Crippen LogP contribution < -0.4 is 10.3 Å². The topological polar surface area (TPSA) is 50.5 Å². The van der Waals surface area contributed by atoms with E-state index in [0.717, 1.165) is 28.3 Å². The fourth-order valence-corrected chi connectivity index (χ4v) is 5.02. The molecule has 0 N–H and O–H groups in total. The largest absolute Gasteiger partial charge is 0.455 e. The summed E-state index contributed by atoms with van der Waals surface area (Å²) in [5, 5.41) is 0.431. The lowest BCUT2D eigenvalue weighted by atomic mass is 10.0. The van der Waals surface area contributed by atoms with E-state index in [2.05, 4.69) is 0 Å². The quantitative estimate of drug-likeness (QED) is 0.399. The van der Waals surface area contributed by atoms with Gasteiger partial charge < -0.3 is 9.32 Å². The number of anilines is 1. The number of carbonyl (C=O) groups is 1. The van der Waals surface area contributed by atoms with Crippen molar-refractivity contribution in [3.8, 4) is 11.3 Å². The molecule has 4 aromatic rings. The highest BCUT2D eigenvalue weighted by Crippen LogP contribution is 2.35. The highest BCUT2D eigenvalue weighted by Gasteiger charge is 2.26. The van der Waals surface area contributed by atoms with Gasteiger partial charge in [0, 0.05) is 22.6 Å². The minimum atomic E-state index is -0.147. The number of hydrogen-bond acceptors (Lipinski definition) is 4. The molecule has 3 aromatic carbocycles. The molecule has 0 fully saturated rings. The lowest BCUT2D eigenvalue weighted by Crippen LogP contribution is -2.32. The van der Waals surface area contributed by atoms with Gasteiger partial charge in [-0.15, -0.1) is 11.8 Å². The van der Waals surface area contributed by atoms with E-state index in [4.69, 9.17) is 4.42 Å². The molecule has 0 aliphatic carbocycles. The van der Waals surface area contributed by atoms with Crippen molar-refractivity contribution in [2.75, 3.05) is 17.2 Å². The molecule has 2 heterocycles. The summed E-state index contributed by atoms with van der Waals surface area (Å²) in [7, 11) is 0. The number of carbonyl (C=O) groups excluding carboxylic acids is 1. The molecule has 0 unspecified atom stereocenters. The second-order valence-corrected chi connectivity index (χ2v) is 8.70. The molecular formula is C26H21NO3S. The predicted molar refractivity (Wildman–Crippen MR) is 126 cm³/mol. The fourth-order valence-electron chi connectivity index (χ4n) is 4.03. The van der Waals surface area contributed by atoms with E-state index in [1.54, 1.807) is 36.9 Å². The Labute approximate surface area is 184 Å². The first-order valence-electron chi connectivity index (χ1n) is 10.3. The number of benzene rings is 3. The van der Waals surface area contributed by atoms with Crippen molar-refractivity contribution in [3.63, 3.8) is 0 Å². The normalized spacial score (nSPS) is 13.6. The third-order valence-electron chi connectivity index (χ3n) is 5.60. The molecule has 1 aromatic heterocycles. The van der Waals surface area contributed by atoms with Crippen LogP contribution >= 0.6 is 11.8 Å². The molecular weight excluding hydrogens is 406 g/mol. The summed E-state index contributed by atoms with van der Waals surface area (Å²) in [4.78, 5) is 29.8. The Balaban J connectivity index is 1.70. The molecule has 0 spiro atoms. The van der Waals surface area contributed by atoms with Crippen LogP contribution in [-0.2, 0) is 0 Å². The summed E-state index contributed by atoms with van der Waals surface area (Å²) in [6.07, 6.45) is 0.897. The van der Waals surface area contributed by atoms with Gasteiger partial charge in [-0.3, -0.25) is 9.59 Å². The van der Waals surface area contributed by atoms with Gasteiger partial charge in [0.25, 0.3) is 5.91 Å². The summed E-state index contributed by atoms with van der Waals surface area (Å²) < 4.78 is 6.27. The van der Waals surface area contributed by atoms with E-state index in [1.165, 1.54) is 0 Å². The third-order valence-corrected chi connectivity index (χ3v) is 6.75. The maximum Gasteiger partial charge on any atom is 0.262 e. The van der Waals surface area contributed by atoms with Crippen molar-refractivity contribution in [3.05, 3.63) is 94.1 Å². The number of nitrogens with zero attached hydrogens (tertiary/aromatic N) is 1. The van der Waals surface area contributed by atoms with Crippen molar-refractivity contribution >= 4 is 34.3 Å². The maximum absolute atomic E-state index is 13.7. The molecule has 5 heteroatoms. The van der Waals surface area contributed by atoms with E-state index in [9.17, 15) is 9.59 Å². The summed E-state index contributed by atoms with van der Waals surface area (Å²) in [6.45, 7) is 2.39. The van der Waals surface area contributed by atoms with Crippen molar-refractivity contribution < 1.29 is 9.21 Å². The SMILES string of the molecule is Cc1c(-c2ccccc2)oc2c(C(=O)N3CCCSc4ccccc43)cccc2c1=O. The number of amides is 1. The number of fused-ring (bicyclic) bond motifs is 2. The molecule has 154 valence electrons. The summed E-state index contributed by atoms with van der Waals surface area (Å²) in [5.74, 6) is 1.32. The van der Waals surface area contributed by atoms with Gasteiger partial charge in [-0.25, -0.2) is 0 Å². The molecule has 5 rings (SSSR count). The zero-order valence-corrected chi connectivity index (χ0v) is 17.9. The van der Waals surface area contributed by atoms with Gasteiger partial charge in [-0.2, -0.15) is 0 Å². The first-order valence-corrected chi connectivity index (χ1v) is 11.3. The second kappa shape index (κ2) is 8.08. The summed E-state index contributed by atoms with van der Waals surface area (Å²) in [5.41, 5.74) is 2.91. The lowest BCUT2D eigenvalue weighted by Gasteiger charge is -2.23. The predicted octanol–water partition coefficient (Wildman–Crippen LogP) is 5.91. The number of thioether (sulfide) groups is 1.